The summed E-state index contributed by atoms with van der Waals surface area (Å²) < 4.78 is 43.3. The smallest absolute Gasteiger partial charge is 0.267 e. The maximum atomic E-state index is 14.7. The van der Waals surface area contributed by atoms with Crippen LogP contribution in [0.2, 0.25) is 0 Å². The van der Waals surface area contributed by atoms with Crippen LogP contribution in [0.5, 0.6) is 0 Å². The molecule has 158 valence electrons. The van der Waals surface area contributed by atoms with E-state index in [0.717, 1.165) is 35.6 Å². The number of hydrogen-bond acceptors (Lipinski definition) is 5. The first-order valence-electron chi connectivity index (χ1n) is 9.49. The van der Waals surface area contributed by atoms with Gasteiger partial charge in [0.25, 0.3) is 5.91 Å². The third-order valence-electron chi connectivity index (χ3n) is 4.96. The fourth-order valence-electron chi connectivity index (χ4n) is 3.55. The lowest BCUT2D eigenvalue weighted by Gasteiger charge is -2.15. The van der Waals surface area contributed by atoms with Crippen molar-refractivity contribution in [2.75, 3.05) is 18.4 Å². The van der Waals surface area contributed by atoms with Gasteiger partial charge >= 0.3 is 0 Å². The van der Waals surface area contributed by atoms with Crippen molar-refractivity contribution in [1.82, 2.24) is 14.1 Å². The highest BCUT2D eigenvalue weighted by molar-refractivity contribution is 7.89. The van der Waals surface area contributed by atoms with Crippen LogP contribution in [0.3, 0.4) is 0 Å². The third-order valence-corrected chi connectivity index (χ3v) is 7.94. The van der Waals surface area contributed by atoms with Gasteiger partial charge in [-0.25, -0.2) is 17.5 Å². The summed E-state index contributed by atoms with van der Waals surface area (Å²) >= 11 is 1.05. The van der Waals surface area contributed by atoms with E-state index >= 15 is 0 Å². The molecule has 2 aromatic heterocycles. The fourth-order valence-corrected chi connectivity index (χ4v) is 6.36. The SMILES string of the molecule is Cc1cc(C)n(-c2ccc(NC(=O)c3sccc3S(=O)(=O)N3CCCC3)cc2F)n1. The predicted molar refractivity (Wildman–Crippen MR) is 113 cm³/mol. The zero-order valence-electron chi connectivity index (χ0n) is 16.6. The molecule has 4 rings (SSSR count). The van der Waals surface area contributed by atoms with Crippen molar-refractivity contribution in [2.24, 2.45) is 0 Å². The molecule has 0 spiro atoms. The van der Waals surface area contributed by atoms with Crippen molar-refractivity contribution >= 4 is 33.0 Å². The van der Waals surface area contributed by atoms with Gasteiger partial charge in [0.2, 0.25) is 10.0 Å². The first-order valence-corrected chi connectivity index (χ1v) is 11.8. The van der Waals surface area contributed by atoms with Crippen molar-refractivity contribution < 1.29 is 17.6 Å². The Hall–Kier alpha value is -2.56. The van der Waals surface area contributed by atoms with Crippen molar-refractivity contribution in [3.8, 4) is 5.69 Å². The monoisotopic (exact) mass is 448 g/mol. The second kappa shape index (κ2) is 7.93. The van der Waals surface area contributed by atoms with Crippen LogP contribution in [0, 0.1) is 19.7 Å². The number of aryl methyl sites for hydroxylation is 2. The summed E-state index contributed by atoms with van der Waals surface area (Å²) in [6, 6.07) is 7.58. The Morgan fingerprint density at radius 2 is 1.90 bits per heavy atom. The molecule has 3 heterocycles. The molecule has 0 saturated carbocycles. The molecule has 10 heteroatoms. The second-order valence-electron chi connectivity index (χ2n) is 7.18. The molecule has 1 aliphatic rings. The molecule has 0 radical (unpaired) electrons. The summed E-state index contributed by atoms with van der Waals surface area (Å²) in [6.07, 6.45) is 1.62. The third kappa shape index (κ3) is 3.78. The van der Waals surface area contributed by atoms with Crippen LogP contribution < -0.4 is 5.32 Å². The van der Waals surface area contributed by atoms with E-state index in [0.29, 0.717) is 13.1 Å². The molecule has 1 amide bonds. The largest absolute Gasteiger partial charge is 0.321 e. The molecule has 0 atom stereocenters. The van der Waals surface area contributed by atoms with Crippen molar-refractivity contribution in [3.63, 3.8) is 0 Å². The molecular weight excluding hydrogens is 427 g/mol. The van der Waals surface area contributed by atoms with Crippen LogP contribution in [-0.2, 0) is 10.0 Å². The molecule has 1 aliphatic heterocycles. The van der Waals surface area contributed by atoms with Gasteiger partial charge in [-0.2, -0.15) is 9.40 Å². The Morgan fingerprint density at radius 1 is 1.17 bits per heavy atom. The van der Waals surface area contributed by atoms with Gasteiger partial charge < -0.3 is 5.32 Å². The molecule has 30 heavy (non-hydrogen) atoms. The normalized spacial score (nSPS) is 14.9. The summed E-state index contributed by atoms with van der Waals surface area (Å²) in [5.74, 6) is -1.13. The highest BCUT2D eigenvalue weighted by Gasteiger charge is 2.31. The summed E-state index contributed by atoms with van der Waals surface area (Å²) in [4.78, 5) is 12.8. The Balaban J connectivity index is 1.58. The van der Waals surface area contributed by atoms with Gasteiger partial charge in [0.05, 0.1) is 5.69 Å². The maximum Gasteiger partial charge on any atom is 0.267 e. The van der Waals surface area contributed by atoms with Crippen LogP contribution >= 0.6 is 11.3 Å². The number of thiophene rings is 1. The lowest BCUT2D eigenvalue weighted by molar-refractivity contribution is 0.102. The number of anilines is 1. The Kier molecular flexibility index (Phi) is 5.48. The molecule has 1 fully saturated rings. The minimum absolute atomic E-state index is 0.00775. The van der Waals surface area contributed by atoms with Crippen LogP contribution in [0.1, 0.15) is 33.9 Å². The standard InChI is InChI=1S/C20H21FN4O3S2/c1-13-11-14(2)25(23-13)17-6-5-15(12-16(17)21)22-20(26)19-18(7-10-29-19)30(27,28)24-8-3-4-9-24/h5-7,10-12H,3-4,8-9H2,1-2H3,(H,22,26). The number of aromatic nitrogens is 2. The van der Waals surface area contributed by atoms with E-state index < -0.39 is 21.7 Å². The number of rotatable bonds is 5. The molecule has 0 bridgehead atoms. The summed E-state index contributed by atoms with van der Waals surface area (Å²) in [5, 5.41) is 8.45. The molecule has 1 saturated heterocycles. The summed E-state index contributed by atoms with van der Waals surface area (Å²) in [6.45, 7) is 4.57. The topological polar surface area (TPSA) is 84.3 Å². The van der Waals surface area contributed by atoms with Gasteiger partial charge in [-0.1, -0.05) is 0 Å². The fraction of sp³-hybridized carbons (Fsp3) is 0.300. The Morgan fingerprint density at radius 3 is 2.53 bits per heavy atom. The second-order valence-corrected chi connectivity index (χ2v) is 10.0. The molecule has 0 unspecified atom stereocenters. The number of carbonyl (C=O) groups excluding carboxylic acids is 1. The number of sulfonamides is 1. The van der Waals surface area contributed by atoms with Gasteiger partial charge in [-0.3, -0.25) is 4.79 Å². The number of amides is 1. The van der Waals surface area contributed by atoms with Crippen LogP contribution in [0.15, 0.2) is 40.6 Å². The number of carbonyl (C=O) groups is 1. The van der Waals surface area contributed by atoms with Crippen LogP contribution in [0.25, 0.3) is 5.69 Å². The maximum absolute atomic E-state index is 14.7. The number of nitrogens with zero attached hydrogens (tertiary/aromatic N) is 3. The first kappa shape index (κ1) is 20.7. The van der Waals surface area contributed by atoms with Gasteiger partial charge in [-0.05, 0) is 62.4 Å². The minimum Gasteiger partial charge on any atom is -0.321 e. The zero-order chi connectivity index (χ0) is 21.5. The van der Waals surface area contributed by atoms with Crippen LogP contribution in [-0.4, -0.2) is 41.5 Å². The molecule has 7 nitrogen and oxygen atoms in total. The number of benzene rings is 1. The van der Waals surface area contributed by atoms with Crippen molar-refractivity contribution in [3.05, 3.63) is 57.8 Å². The highest BCUT2D eigenvalue weighted by atomic mass is 32.2. The van der Waals surface area contributed by atoms with E-state index in [1.807, 2.05) is 19.9 Å². The van der Waals surface area contributed by atoms with Gasteiger partial charge in [-0.15, -0.1) is 11.3 Å². The van der Waals surface area contributed by atoms with Gasteiger partial charge in [0.1, 0.15) is 15.5 Å². The Labute approximate surface area is 178 Å². The first-order chi connectivity index (χ1) is 14.3. The van der Waals surface area contributed by atoms with Gasteiger partial charge in [0.15, 0.2) is 5.82 Å². The molecule has 1 N–H and O–H groups in total. The average Bonchev–Trinajstić information content (AvgIpc) is 3.43. The lowest BCUT2D eigenvalue weighted by atomic mass is 10.2. The van der Waals surface area contributed by atoms with Crippen molar-refractivity contribution in [1.29, 1.82) is 0 Å². The highest BCUT2D eigenvalue weighted by Crippen LogP contribution is 2.29. The van der Waals surface area contributed by atoms with Gasteiger partial charge in [0, 0.05) is 24.5 Å². The minimum atomic E-state index is -3.72. The number of halogens is 1. The van der Waals surface area contributed by atoms with E-state index in [1.165, 1.54) is 27.2 Å². The van der Waals surface area contributed by atoms with Crippen LogP contribution in [0.4, 0.5) is 10.1 Å². The summed E-state index contributed by atoms with van der Waals surface area (Å²) in [5.41, 5.74) is 2.07. The van der Waals surface area contributed by atoms with E-state index in [4.69, 9.17) is 0 Å². The average molecular weight is 449 g/mol. The van der Waals surface area contributed by atoms with Crippen molar-refractivity contribution in [2.45, 2.75) is 31.6 Å². The van der Waals surface area contributed by atoms with E-state index in [-0.39, 0.29) is 21.1 Å². The molecular formula is C20H21FN4O3S2. The summed E-state index contributed by atoms with van der Waals surface area (Å²) in [7, 11) is -3.72. The molecule has 1 aromatic carbocycles. The van der Waals surface area contributed by atoms with E-state index in [1.54, 1.807) is 11.4 Å². The molecule has 3 aromatic rings. The zero-order valence-corrected chi connectivity index (χ0v) is 18.2. The van der Waals surface area contributed by atoms with E-state index in [9.17, 15) is 17.6 Å². The predicted octanol–water partition coefficient (Wildman–Crippen LogP) is 3.73. The Bertz CT molecular complexity index is 1210. The number of hydrogen-bond donors (Lipinski definition) is 1. The number of nitrogens with one attached hydrogen (secondary N) is 1. The lowest BCUT2D eigenvalue weighted by Crippen LogP contribution is -2.29. The molecule has 0 aliphatic carbocycles. The van der Waals surface area contributed by atoms with E-state index in [2.05, 4.69) is 10.4 Å². The quantitative estimate of drug-likeness (QED) is 0.645.